The SMILES string of the molecule is CCCC1(C(=O)O)CCCN1Cc1coc2ccccc12. The average Bonchev–Trinajstić information content (AvgIpc) is 3.06. The maximum atomic E-state index is 11.9. The first-order valence-corrected chi connectivity index (χ1v) is 7.61. The minimum Gasteiger partial charge on any atom is -0.480 e. The van der Waals surface area contributed by atoms with E-state index in [1.54, 1.807) is 6.26 Å². The summed E-state index contributed by atoms with van der Waals surface area (Å²) < 4.78 is 5.57. The quantitative estimate of drug-likeness (QED) is 0.912. The van der Waals surface area contributed by atoms with Crippen molar-refractivity contribution in [2.75, 3.05) is 6.54 Å². The van der Waals surface area contributed by atoms with Gasteiger partial charge in [0.2, 0.25) is 0 Å². The first kappa shape index (κ1) is 14.1. The van der Waals surface area contributed by atoms with E-state index >= 15 is 0 Å². The second kappa shape index (κ2) is 5.53. The number of carbonyl (C=O) groups is 1. The molecule has 0 aliphatic carbocycles. The van der Waals surface area contributed by atoms with Gasteiger partial charge in [-0.15, -0.1) is 0 Å². The molecule has 0 spiro atoms. The smallest absolute Gasteiger partial charge is 0.324 e. The van der Waals surface area contributed by atoms with Crippen LogP contribution in [0.25, 0.3) is 11.0 Å². The van der Waals surface area contributed by atoms with E-state index in [9.17, 15) is 9.90 Å². The minimum absolute atomic E-state index is 0.642. The Labute approximate surface area is 124 Å². The number of carboxylic acids is 1. The summed E-state index contributed by atoms with van der Waals surface area (Å²) in [5.74, 6) is -0.686. The number of benzene rings is 1. The summed E-state index contributed by atoms with van der Waals surface area (Å²) >= 11 is 0. The van der Waals surface area contributed by atoms with Gasteiger partial charge in [-0.05, 0) is 31.9 Å². The molecule has 1 saturated heterocycles. The molecule has 0 bridgehead atoms. The Morgan fingerprint density at radius 2 is 2.24 bits per heavy atom. The fraction of sp³-hybridized carbons (Fsp3) is 0.471. The summed E-state index contributed by atoms with van der Waals surface area (Å²) in [5.41, 5.74) is 1.24. The van der Waals surface area contributed by atoms with Crippen molar-refractivity contribution in [2.45, 2.75) is 44.7 Å². The van der Waals surface area contributed by atoms with E-state index in [4.69, 9.17) is 4.42 Å². The molecule has 1 aromatic carbocycles. The van der Waals surface area contributed by atoms with Crippen LogP contribution < -0.4 is 0 Å². The summed E-state index contributed by atoms with van der Waals surface area (Å²) in [4.78, 5) is 14.0. The van der Waals surface area contributed by atoms with E-state index in [2.05, 4.69) is 11.8 Å². The van der Waals surface area contributed by atoms with E-state index < -0.39 is 11.5 Å². The molecule has 0 radical (unpaired) electrons. The lowest BCUT2D eigenvalue weighted by Gasteiger charge is -2.34. The molecule has 1 aromatic heterocycles. The van der Waals surface area contributed by atoms with Crippen LogP contribution in [-0.4, -0.2) is 28.1 Å². The molecule has 0 amide bonds. The molecule has 1 unspecified atom stereocenters. The van der Waals surface area contributed by atoms with E-state index in [1.807, 2.05) is 24.3 Å². The highest BCUT2D eigenvalue weighted by molar-refractivity contribution is 5.81. The number of aliphatic carboxylic acids is 1. The second-order valence-corrected chi connectivity index (χ2v) is 5.87. The molecule has 4 nitrogen and oxygen atoms in total. The normalized spacial score (nSPS) is 22.9. The van der Waals surface area contributed by atoms with Gasteiger partial charge in [0, 0.05) is 17.5 Å². The van der Waals surface area contributed by atoms with Crippen LogP contribution in [0.3, 0.4) is 0 Å². The molecule has 3 rings (SSSR count). The first-order chi connectivity index (χ1) is 10.2. The number of hydrogen-bond acceptors (Lipinski definition) is 3. The molecular weight excluding hydrogens is 266 g/mol. The topological polar surface area (TPSA) is 53.7 Å². The lowest BCUT2D eigenvalue weighted by atomic mass is 9.90. The summed E-state index contributed by atoms with van der Waals surface area (Å²) in [5, 5.41) is 10.8. The predicted octanol–water partition coefficient (Wildman–Crippen LogP) is 3.65. The van der Waals surface area contributed by atoms with Gasteiger partial charge >= 0.3 is 5.97 Å². The van der Waals surface area contributed by atoms with Crippen molar-refractivity contribution in [1.82, 2.24) is 4.90 Å². The van der Waals surface area contributed by atoms with E-state index in [0.29, 0.717) is 13.0 Å². The zero-order valence-corrected chi connectivity index (χ0v) is 12.3. The van der Waals surface area contributed by atoms with Crippen LogP contribution in [0, 0.1) is 0 Å². The van der Waals surface area contributed by atoms with E-state index in [1.165, 1.54) is 0 Å². The highest BCUT2D eigenvalue weighted by atomic mass is 16.4. The molecule has 4 heteroatoms. The van der Waals surface area contributed by atoms with Gasteiger partial charge in [-0.25, -0.2) is 0 Å². The van der Waals surface area contributed by atoms with Crippen LogP contribution >= 0.6 is 0 Å². The molecule has 2 aromatic rings. The number of likely N-dealkylation sites (tertiary alicyclic amines) is 1. The van der Waals surface area contributed by atoms with Gasteiger partial charge in [-0.1, -0.05) is 31.5 Å². The van der Waals surface area contributed by atoms with Gasteiger partial charge in [0.25, 0.3) is 0 Å². The van der Waals surface area contributed by atoms with Crippen LogP contribution in [0.1, 0.15) is 38.2 Å². The van der Waals surface area contributed by atoms with Crippen LogP contribution in [0.4, 0.5) is 0 Å². The van der Waals surface area contributed by atoms with Crippen LogP contribution in [0.15, 0.2) is 34.9 Å². The van der Waals surface area contributed by atoms with Crippen LogP contribution in [0.2, 0.25) is 0 Å². The van der Waals surface area contributed by atoms with Gasteiger partial charge in [0.05, 0.1) is 6.26 Å². The van der Waals surface area contributed by atoms with Crippen LogP contribution in [-0.2, 0) is 11.3 Å². The molecule has 21 heavy (non-hydrogen) atoms. The number of hydrogen-bond donors (Lipinski definition) is 1. The Morgan fingerprint density at radius 3 is 3.00 bits per heavy atom. The number of rotatable bonds is 5. The molecule has 2 heterocycles. The molecule has 1 atom stereocenters. The van der Waals surface area contributed by atoms with E-state index in [0.717, 1.165) is 42.3 Å². The summed E-state index contributed by atoms with van der Waals surface area (Å²) in [6, 6.07) is 7.91. The number of fused-ring (bicyclic) bond motifs is 1. The maximum absolute atomic E-state index is 11.9. The van der Waals surface area contributed by atoms with Gasteiger partial charge in [0.15, 0.2) is 0 Å². The Kier molecular flexibility index (Phi) is 3.72. The third kappa shape index (κ3) is 2.33. The lowest BCUT2D eigenvalue weighted by Crippen LogP contribution is -2.49. The fourth-order valence-electron chi connectivity index (χ4n) is 3.57. The van der Waals surface area contributed by atoms with Gasteiger partial charge < -0.3 is 9.52 Å². The third-order valence-electron chi connectivity index (χ3n) is 4.61. The molecule has 0 saturated carbocycles. The van der Waals surface area contributed by atoms with Crippen molar-refractivity contribution in [3.63, 3.8) is 0 Å². The first-order valence-electron chi connectivity index (χ1n) is 7.61. The maximum Gasteiger partial charge on any atom is 0.324 e. The monoisotopic (exact) mass is 287 g/mol. The van der Waals surface area contributed by atoms with Gasteiger partial charge in [0.1, 0.15) is 11.1 Å². The average molecular weight is 287 g/mol. The Hall–Kier alpha value is -1.81. The zero-order chi connectivity index (χ0) is 14.9. The molecule has 1 aliphatic rings. The Balaban J connectivity index is 1.91. The molecule has 112 valence electrons. The van der Waals surface area contributed by atoms with Crippen molar-refractivity contribution in [3.8, 4) is 0 Å². The Bertz CT molecular complexity index is 648. The second-order valence-electron chi connectivity index (χ2n) is 5.87. The molecule has 1 N–H and O–H groups in total. The number of nitrogens with zero attached hydrogens (tertiary/aromatic N) is 1. The van der Waals surface area contributed by atoms with Crippen molar-refractivity contribution in [3.05, 3.63) is 36.1 Å². The Morgan fingerprint density at radius 1 is 1.43 bits per heavy atom. The lowest BCUT2D eigenvalue weighted by molar-refractivity contribution is -0.150. The van der Waals surface area contributed by atoms with Crippen molar-refractivity contribution >= 4 is 16.9 Å². The fourth-order valence-corrected chi connectivity index (χ4v) is 3.57. The van der Waals surface area contributed by atoms with E-state index in [-0.39, 0.29) is 0 Å². The van der Waals surface area contributed by atoms with Crippen molar-refractivity contribution in [1.29, 1.82) is 0 Å². The summed E-state index contributed by atoms with van der Waals surface area (Å²) in [7, 11) is 0. The van der Waals surface area contributed by atoms with Crippen molar-refractivity contribution < 1.29 is 14.3 Å². The standard InChI is InChI=1S/C17H21NO3/c1-2-8-17(16(19)20)9-5-10-18(17)11-13-12-21-15-7-4-3-6-14(13)15/h3-4,6-7,12H,2,5,8-11H2,1H3,(H,19,20). The zero-order valence-electron chi connectivity index (χ0n) is 12.3. The highest BCUT2D eigenvalue weighted by Gasteiger charge is 2.46. The molecule has 1 aliphatic heterocycles. The van der Waals surface area contributed by atoms with Crippen LogP contribution in [0.5, 0.6) is 0 Å². The summed E-state index contributed by atoms with van der Waals surface area (Å²) in [6.45, 7) is 3.53. The van der Waals surface area contributed by atoms with Gasteiger partial charge in [-0.2, -0.15) is 0 Å². The minimum atomic E-state index is -0.701. The number of furan rings is 1. The number of para-hydroxylation sites is 1. The molecular formula is C17H21NO3. The summed E-state index contributed by atoms with van der Waals surface area (Å²) in [6.07, 6.45) is 5.04. The van der Waals surface area contributed by atoms with Gasteiger partial charge in [-0.3, -0.25) is 9.69 Å². The third-order valence-corrected chi connectivity index (χ3v) is 4.61. The highest BCUT2D eigenvalue weighted by Crippen LogP contribution is 2.36. The molecule has 1 fully saturated rings. The number of carboxylic acid groups (broad SMARTS) is 1. The largest absolute Gasteiger partial charge is 0.480 e. The van der Waals surface area contributed by atoms with Crippen molar-refractivity contribution in [2.24, 2.45) is 0 Å². The predicted molar refractivity (Wildman–Crippen MR) is 81.1 cm³/mol.